The van der Waals surface area contributed by atoms with Crippen LogP contribution in [0, 0.1) is 5.92 Å². The third kappa shape index (κ3) is 2.56. The van der Waals surface area contributed by atoms with Crippen LogP contribution in [0.3, 0.4) is 0 Å². The van der Waals surface area contributed by atoms with Crippen molar-refractivity contribution in [2.75, 3.05) is 0 Å². The van der Waals surface area contributed by atoms with Crippen molar-refractivity contribution in [3.8, 4) is 0 Å². The zero-order chi connectivity index (χ0) is 14.2. The van der Waals surface area contributed by atoms with Crippen molar-refractivity contribution in [1.29, 1.82) is 0 Å². The van der Waals surface area contributed by atoms with Gasteiger partial charge in [-0.2, -0.15) is 0 Å². The van der Waals surface area contributed by atoms with Crippen LogP contribution in [0.1, 0.15) is 32.6 Å². The number of rotatable bonds is 3. The molecule has 20 heavy (non-hydrogen) atoms. The van der Waals surface area contributed by atoms with Crippen LogP contribution in [0.15, 0.2) is 53.1 Å². The summed E-state index contributed by atoms with van der Waals surface area (Å²) in [5, 5.41) is 1.61. The van der Waals surface area contributed by atoms with Crippen molar-refractivity contribution in [3.05, 3.63) is 53.1 Å². The molecule has 0 saturated heterocycles. The van der Waals surface area contributed by atoms with E-state index in [1.807, 2.05) is 0 Å². The fourth-order valence-electron chi connectivity index (χ4n) is 3.97. The zero-order valence-electron chi connectivity index (χ0n) is 13.1. The summed E-state index contributed by atoms with van der Waals surface area (Å²) in [6.45, 7) is 7.44. The van der Waals surface area contributed by atoms with Gasteiger partial charge in [-0.3, -0.25) is 0 Å². The first-order valence-electron chi connectivity index (χ1n) is 8.03. The number of benzene rings is 1. The van der Waals surface area contributed by atoms with Crippen LogP contribution >= 0.6 is 0 Å². The van der Waals surface area contributed by atoms with E-state index >= 15 is 0 Å². The SMILES string of the molecule is CC1=CC2=C(CCCC2)C1C[Si](C)(C)c1ccccc1. The summed E-state index contributed by atoms with van der Waals surface area (Å²) in [4.78, 5) is 0. The predicted molar refractivity (Wildman–Crippen MR) is 91.1 cm³/mol. The average molecular weight is 283 g/mol. The smallest absolute Gasteiger partial charge is 0.0661 e. The van der Waals surface area contributed by atoms with Crippen LogP contribution in [0.5, 0.6) is 0 Å². The lowest BCUT2D eigenvalue weighted by Gasteiger charge is -2.30. The van der Waals surface area contributed by atoms with E-state index in [0.717, 1.165) is 5.92 Å². The highest BCUT2D eigenvalue weighted by atomic mass is 28.3. The molecule has 0 fully saturated rings. The van der Waals surface area contributed by atoms with E-state index in [1.165, 1.54) is 31.7 Å². The second-order valence-corrected chi connectivity index (χ2v) is 11.9. The van der Waals surface area contributed by atoms with Gasteiger partial charge in [0.15, 0.2) is 0 Å². The lowest BCUT2D eigenvalue weighted by Crippen LogP contribution is -2.43. The van der Waals surface area contributed by atoms with E-state index in [0.29, 0.717) is 0 Å². The molecule has 1 aromatic rings. The minimum atomic E-state index is -1.34. The lowest BCUT2D eigenvalue weighted by atomic mass is 9.88. The van der Waals surface area contributed by atoms with E-state index in [9.17, 15) is 0 Å². The molecule has 0 aliphatic heterocycles. The van der Waals surface area contributed by atoms with Crippen molar-refractivity contribution >= 4 is 13.3 Å². The molecule has 1 heteroatoms. The molecule has 0 nitrogen and oxygen atoms in total. The Labute approximate surface area is 124 Å². The molecule has 106 valence electrons. The van der Waals surface area contributed by atoms with Crippen molar-refractivity contribution < 1.29 is 0 Å². The first kappa shape index (κ1) is 13.9. The van der Waals surface area contributed by atoms with E-state index in [2.05, 4.69) is 56.4 Å². The van der Waals surface area contributed by atoms with Crippen molar-refractivity contribution in [2.24, 2.45) is 5.92 Å². The van der Waals surface area contributed by atoms with E-state index in [-0.39, 0.29) is 0 Å². The fraction of sp³-hybridized carbons (Fsp3) is 0.474. The van der Waals surface area contributed by atoms with Gasteiger partial charge in [0.1, 0.15) is 0 Å². The van der Waals surface area contributed by atoms with Gasteiger partial charge in [0.25, 0.3) is 0 Å². The first-order valence-corrected chi connectivity index (χ1v) is 11.2. The molecule has 1 atom stereocenters. The van der Waals surface area contributed by atoms with E-state index < -0.39 is 8.07 Å². The summed E-state index contributed by atoms with van der Waals surface area (Å²) in [6, 6.07) is 12.6. The Morgan fingerprint density at radius 2 is 1.75 bits per heavy atom. The monoisotopic (exact) mass is 282 g/mol. The molecule has 0 amide bonds. The van der Waals surface area contributed by atoms with Gasteiger partial charge in [-0.1, -0.05) is 65.8 Å². The van der Waals surface area contributed by atoms with E-state index in [1.54, 1.807) is 21.9 Å². The van der Waals surface area contributed by atoms with Crippen LogP contribution < -0.4 is 5.19 Å². The number of allylic oxidation sites excluding steroid dienone is 4. The third-order valence-corrected chi connectivity index (χ3v) is 8.52. The minimum absolute atomic E-state index is 0.757. The van der Waals surface area contributed by atoms with Gasteiger partial charge < -0.3 is 0 Å². The molecular weight excluding hydrogens is 256 g/mol. The molecular formula is C19H26Si. The Bertz CT molecular complexity index is 548. The van der Waals surface area contributed by atoms with Gasteiger partial charge in [0.2, 0.25) is 0 Å². The maximum atomic E-state index is 2.54. The number of hydrogen-bond donors (Lipinski definition) is 0. The van der Waals surface area contributed by atoms with Gasteiger partial charge >= 0.3 is 0 Å². The fourth-order valence-corrected chi connectivity index (χ4v) is 6.89. The molecule has 0 spiro atoms. The molecule has 1 unspecified atom stereocenters. The van der Waals surface area contributed by atoms with Gasteiger partial charge in [0, 0.05) is 0 Å². The molecule has 0 aromatic heterocycles. The Hall–Kier alpha value is -1.08. The molecule has 0 saturated carbocycles. The normalized spacial score (nSPS) is 22.8. The third-order valence-electron chi connectivity index (χ3n) is 5.20. The van der Waals surface area contributed by atoms with Gasteiger partial charge in [-0.05, 0) is 50.1 Å². The molecule has 0 N–H and O–H groups in total. The largest absolute Gasteiger partial charge is 0.0815 e. The van der Waals surface area contributed by atoms with Crippen LogP contribution in [0.4, 0.5) is 0 Å². The first-order chi connectivity index (χ1) is 9.58. The van der Waals surface area contributed by atoms with Crippen molar-refractivity contribution in [3.63, 3.8) is 0 Å². The molecule has 0 bridgehead atoms. The second-order valence-electron chi connectivity index (χ2n) is 7.15. The molecule has 2 aliphatic carbocycles. The summed E-state index contributed by atoms with van der Waals surface area (Å²) in [5.41, 5.74) is 5.12. The van der Waals surface area contributed by atoms with Gasteiger partial charge in [0.05, 0.1) is 8.07 Å². The van der Waals surface area contributed by atoms with Crippen molar-refractivity contribution in [1.82, 2.24) is 0 Å². The molecule has 2 aliphatic rings. The Morgan fingerprint density at radius 3 is 2.50 bits per heavy atom. The highest BCUT2D eigenvalue weighted by Crippen LogP contribution is 2.43. The zero-order valence-corrected chi connectivity index (χ0v) is 14.1. The Balaban J connectivity index is 1.84. The molecule has 3 rings (SSSR count). The Kier molecular flexibility index (Phi) is 3.72. The molecule has 0 radical (unpaired) electrons. The molecule has 1 aromatic carbocycles. The maximum Gasteiger partial charge on any atom is 0.0815 e. The van der Waals surface area contributed by atoms with Crippen LogP contribution in [0.2, 0.25) is 19.1 Å². The highest BCUT2D eigenvalue weighted by Gasteiger charge is 2.33. The minimum Gasteiger partial charge on any atom is -0.0661 e. The van der Waals surface area contributed by atoms with Crippen molar-refractivity contribution in [2.45, 2.75) is 51.7 Å². The quantitative estimate of drug-likeness (QED) is 0.681. The van der Waals surface area contributed by atoms with Gasteiger partial charge in [-0.15, -0.1) is 0 Å². The van der Waals surface area contributed by atoms with Crippen LogP contribution in [0.25, 0.3) is 0 Å². The van der Waals surface area contributed by atoms with E-state index in [4.69, 9.17) is 0 Å². The summed E-state index contributed by atoms with van der Waals surface area (Å²) in [5.74, 6) is 0.757. The second kappa shape index (κ2) is 5.36. The maximum absolute atomic E-state index is 2.54. The summed E-state index contributed by atoms with van der Waals surface area (Å²) in [7, 11) is -1.34. The lowest BCUT2D eigenvalue weighted by molar-refractivity contribution is 0.633. The molecule has 0 heterocycles. The highest BCUT2D eigenvalue weighted by molar-refractivity contribution is 6.89. The van der Waals surface area contributed by atoms with Crippen LogP contribution in [-0.4, -0.2) is 8.07 Å². The summed E-state index contributed by atoms with van der Waals surface area (Å²) < 4.78 is 0. The van der Waals surface area contributed by atoms with Crippen LogP contribution in [-0.2, 0) is 0 Å². The summed E-state index contributed by atoms with van der Waals surface area (Å²) in [6.07, 6.45) is 8.00. The topological polar surface area (TPSA) is 0 Å². The standard InChI is InChI=1S/C19H26Si/c1-15-13-16-9-7-8-12-18(16)19(15)14-20(2,3)17-10-5-4-6-11-17/h4-6,10-11,13,19H,7-9,12,14H2,1-3H3. The number of hydrogen-bond acceptors (Lipinski definition) is 0. The van der Waals surface area contributed by atoms with Gasteiger partial charge in [-0.25, -0.2) is 0 Å². The average Bonchev–Trinajstić information content (AvgIpc) is 2.76. The Morgan fingerprint density at radius 1 is 1.05 bits per heavy atom. The summed E-state index contributed by atoms with van der Waals surface area (Å²) >= 11 is 0. The predicted octanol–water partition coefficient (Wildman–Crippen LogP) is 5.05.